The number of hydrogen-bond donors (Lipinski definition) is 0. The van der Waals surface area contributed by atoms with Crippen molar-refractivity contribution < 1.29 is 28.6 Å². The quantitative estimate of drug-likeness (QED) is 0.422. The number of carbonyl (C=O) groups is 3. The summed E-state index contributed by atoms with van der Waals surface area (Å²) in [6, 6.07) is 0. The number of rotatable bonds is 4. The summed E-state index contributed by atoms with van der Waals surface area (Å²) in [5.74, 6) is 0.958. The molecule has 0 aliphatic heterocycles. The molecule has 4 aliphatic carbocycles. The smallest absolute Gasteiger partial charge is 0.307 e. The maximum absolute atomic E-state index is 12.2. The average Bonchev–Trinajstić information content (AvgIpc) is 3.03. The molecule has 0 aromatic rings. The van der Waals surface area contributed by atoms with Crippen molar-refractivity contribution in [2.45, 2.75) is 98.7 Å². The first-order chi connectivity index (χ1) is 15.5. The summed E-state index contributed by atoms with van der Waals surface area (Å²) in [5.41, 5.74) is 2.32. The second kappa shape index (κ2) is 8.59. The van der Waals surface area contributed by atoms with Crippen LogP contribution in [0.3, 0.4) is 0 Å². The summed E-state index contributed by atoms with van der Waals surface area (Å²) in [6.45, 7) is 11.0. The van der Waals surface area contributed by atoms with E-state index in [0.717, 1.165) is 44.3 Å². The highest BCUT2D eigenvalue weighted by molar-refractivity contribution is 5.68. The van der Waals surface area contributed by atoms with Crippen molar-refractivity contribution in [1.82, 2.24) is 0 Å². The van der Waals surface area contributed by atoms with Gasteiger partial charge in [-0.3, -0.25) is 14.4 Å². The molecule has 2 fully saturated rings. The Morgan fingerprint density at radius 1 is 1.03 bits per heavy atom. The largest absolute Gasteiger partial charge is 0.463 e. The number of carbonyl (C=O) groups excluding carboxylic acids is 3. The van der Waals surface area contributed by atoms with E-state index >= 15 is 0 Å². The van der Waals surface area contributed by atoms with E-state index < -0.39 is 0 Å². The zero-order chi connectivity index (χ0) is 24.1. The summed E-state index contributed by atoms with van der Waals surface area (Å²) in [4.78, 5) is 35.4. The lowest BCUT2D eigenvalue weighted by Gasteiger charge is -2.54. The zero-order valence-corrected chi connectivity index (χ0v) is 20.9. The molecule has 0 heterocycles. The second-order valence-electron chi connectivity index (χ2n) is 11.1. The molecule has 0 unspecified atom stereocenters. The van der Waals surface area contributed by atoms with Crippen molar-refractivity contribution in [3.8, 4) is 0 Å². The van der Waals surface area contributed by atoms with Gasteiger partial charge in [0.2, 0.25) is 0 Å². The minimum absolute atomic E-state index is 0.0393. The molecule has 0 N–H and O–H groups in total. The van der Waals surface area contributed by atoms with Gasteiger partial charge in [-0.25, -0.2) is 0 Å². The first-order valence-electron chi connectivity index (χ1n) is 12.4. The van der Waals surface area contributed by atoms with E-state index in [4.69, 9.17) is 14.2 Å². The SMILES string of the molecule is CC(=O)OC1=C2C(=CC[C@@H]3C[C@H](OC(C)=O)CC[C@]23C)[C@@H]2CC[C@H]([C@H](C)OC(C)=O)[C@]2(C)C1. The van der Waals surface area contributed by atoms with Crippen molar-refractivity contribution in [1.29, 1.82) is 0 Å². The Hall–Kier alpha value is -2.11. The molecule has 0 bridgehead atoms. The number of fused-ring (bicyclic) bond motifs is 5. The van der Waals surface area contributed by atoms with Crippen LogP contribution in [0.1, 0.15) is 86.5 Å². The van der Waals surface area contributed by atoms with E-state index in [1.54, 1.807) is 0 Å². The predicted molar refractivity (Wildman–Crippen MR) is 123 cm³/mol. The van der Waals surface area contributed by atoms with Gasteiger partial charge in [0.15, 0.2) is 0 Å². The van der Waals surface area contributed by atoms with Gasteiger partial charge in [-0.05, 0) is 79.3 Å². The molecule has 33 heavy (non-hydrogen) atoms. The molecule has 0 spiro atoms. The second-order valence-corrected chi connectivity index (χ2v) is 11.1. The molecule has 4 aliphatic rings. The maximum Gasteiger partial charge on any atom is 0.307 e. The molecular formula is C27H38O6. The van der Waals surface area contributed by atoms with Gasteiger partial charge in [-0.15, -0.1) is 0 Å². The topological polar surface area (TPSA) is 78.9 Å². The molecule has 182 valence electrons. The van der Waals surface area contributed by atoms with E-state index in [9.17, 15) is 14.4 Å². The minimum atomic E-state index is -0.291. The van der Waals surface area contributed by atoms with Crippen molar-refractivity contribution >= 4 is 17.9 Å². The van der Waals surface area contributed by atoms with Crippen LogP contribution in [0.25, 0.3) is 0 Å². The molecule has 7 atom stereocenters. The Kier molecular flexibility index (Phi) is 6.25. The lowest BCUT2D eigenvalue weighted by atomic mass is 9.51. The highest BCUT2D eigenvalue weighted by Crippen LogP contribution is 2.66. The van der Waals surface area contributed by atoms with Gasteiger partial charge < -0.3 is 14.2 Å². The monoisotopic (exact) mass is 458 g/mol. The summed E-state index contributed by atoms with van der Waals surface area (Å²) in [7, 11) is 0. The van der Waals surface area contributed by atoms with Gasteiger partial charge in [-0.1, -0.05) is 19.9 Å². The molecule has 0 saturated heterocycles. The summed E-state index contributed by atoms with van der Waals surface area (Å²) in [6.07, 6.45) is 8.37. The molecule has 0 amide bonds. The Bertz CT molecular complexity index is 916. The normalized spacial score (nSPS) is 38.3. The minimum Gasteiger partial charge on any atom is -0.463 e. The zero-order valence-electron chi connectivity index (χ0n) is 20.9. The Morgan fingerprint density at radius 3 is 2.39 bits per heavy atom. The van der Waals surface area contributed by atoms with E-state index in [-0.39, 0.29) is 46.9 Å². The molecule has 0 aromatic heterocycles. The van der Waals surface area contributed by atoms with Crippen molar-refractivity contribution in [2.75, 3.05) is 0 Å². The van der Waals surface area contributed by atoms with E-state index in [2.05, 4.69) is 19.9 Å². The number of allylic oxidation sites excluding steroid dienone is 4. The lowest BCUT2D eigenvalue weighted by Crippen LogP contribution is -2.47. The molecular weight excluding hydrogens is 420 g/mol. The van der Waals surface area contributed by atoms with Gasteiger partial charge in [0.05, 0.1) is 0 Å². The number of hydrogen-bond acceptors (Lipinski definition) is 6. The predicted octanol–water partition coefficient (Wildman–Crippen LogP) is 5.26. The Morgan fingerprint density at radius 2 is 1.76 bits per heavy atom. The van der Waals surface area contributed by atoms with E-state index in [1.807, 2.05) is 6.92 Å². The molecule has 0 aromatic carbocycles. The van der Waals surface area contributed by atoms with Gasteiger partial charge in [0.1, 0.15) is 18.0 Å². The fourth-order valence-corrected chi connectivity index (χ4v) is 7.72. The van der Waals surface area contributed by atoms with Crippen molar-refractivity contribution in [3.05, 3.63) is 23.0 Å². The molecule has 6 nitrogen and oxygen atoms in total. The number of ether oxygens (including phenoxy) is 3. The Labute approximate surface area is 197 Å². The maximum atomic E-state index is 12.2. The van der Waals surface area contributed by atoms with Crippen LogP contribution in [0.2, 0.25) is 0 Å². The van der Waals surface area contributed by atoms with Crippen LogP contribution >= 0.6 is 0 Å². The van der Waals surface area contributed by atoms with E-state index in [1.165, 1.54) is 31.9 Å². The van der Waals surface area contributed by atoms with Crippen LogP contribution in [-0.4, -0.2) is 30.1 Å². The van der Waals surface area contributed by atoms with Crippen molar-refractivity contribution in [2.24, 2.45) is 28.6 Å². The first kappa shape index (κ1) is 24.0. The van der Waals surface area contributed by atoms with E-state index in [0.29, 0.717) is 18.3 Å². The fourth-order valence-electron chi connectivity index (χ4n) is 7.72. The third-order valence-electron chi connectivity index (χ3n) is 9.04. The fraction of sp³-hybridized carbons (Fsp3) is 0.741. The average molecular weight is 459 g/mol. The van der Waals surface area contributed by atoms with Gasteiger partial charge in [-0.2, -0.15) is 0 Å². The summed E-state index contributed by atoms with van der Waals surface area (Å²) < 4.78 is 17.1. The van der Waals surface area contributed by atoms with Crippen LogP contribution < -0.4 is 0 Å². The third kappa shape index (κ3) is 4.15. The summed E-state index contributed by atoms with van der Waals surface area (Å²) in [5, 5.41) is 0. The van der Waals surface area contributed by atoms with Crippen LogP contribution in [0.15, 0.2) is 23.0 Å². The van der Waals surface area contributed by atoms with Gasteiger partial charge in [0, 0.05) is 33.1 Å². The van der Waals surface area contributed by atoms with Crippen LogP contribution in [0.5, 0.6) is 0 Å². The van der Waals surface area contributed by atoms with Gasteiger partial charge >= 0.3 is 17.9 Å². The summed E-state index contributed by atoms with van der Waals surface area (Å²) >= 11 is 0. The van der Waals surface area contributed by atoms with Crippen LogP contribution in [-0.2, 0) is 28.6 Å². The first-order valence-corrected chi connectivity index (χ1v) is 12.4. The molecule has 4 rings (SSSR count). The molecule has 0 radical (unpaired) electrons. The molecule has 2 saturated carbocycles. The lowest BCUT2D eigenvalue weighted by molar-refractivity contribution is -0.152. The van der Waals surface area contributed by atoms with Crippen molar-refractivity contribution in [3.63, 3.8) is 0 Å². The van der Waals surface area contributed by atoms with Gasteiger partial charge in [0.25, 0.3) is 0 Å². The third-order valence-corrected chi connectivity index (χ3v) is 9.04. The molecule has 6 heteroatoms. The van der Waals surface area contributed by atoms with Crippen LogP contribution in [0.4, 0.5) is 0 Å². The standard InChI is InChI=1S/C27H38O6/c1-15(31-16(2)28)22-9-10-23-21-8-7-19-13-20(32-17(3)29)11-12-26(19,5)25(21)24(33-18(4)30)14-27(22,23)6/h8,15,19-20,22-23H,7,9-14H2,1-6H3/t15-,19+,20+,22+,23-,26-,27-/m0/s1. The highest BCUT2D eigenvalue weighted by Gasteiger charge is 2.58. The Balaban J connectivity index is 1.73. The highest BCUT2D eigenvalue weighted by atomic mass is 16.5. The number of esters is 3. The van der Waals surface area contributed by atoms with Crippen LogP contribution in [0, 0.1) is 28.6 Å².